The van der Waals surface area contributed by atoms with E-state index in [-0.39, 0.29) is 11.7 Å². The Hall–Kier alpha value is -0.810. The van der Waals surface area contributed by atoms with E-state index in [0.717, 1.165) is 19.4 Å². The van der Waals surface area contributed by atoms with Gasteiger partial charge in [0.15, 0.2) is 0 Å². The quantitative estimate of drug-likeness (QED) is 0.705. The molecule has 1 atom stereocenters. The van der Waals surface area contributed by atoms with Gasteiger partial charge in [0.2, 0.25) is 0 Å². The van der Waals surface area contributed by atoms with Crippen molar-refractivity contribution in [1.29, 1.82) is 0 Å². The Morgan fingerprint density at radius 1 is 1.25 bits per heavy atom. The van der Waals surface area contributed by atoms with Crippen molar-refractivity contribution in [3.8, 4) is 0 Å². The molecule has 0 N–H and O–H groups in total. The van der Waals surface area contributed by atoms with E-state index in [4.69, 9.17) is 14.2 Å². The van der Waals surface area contributed by atoms with Gasteiger partial charge >= 0.3 is 6.09 Å². The fourth-order valence-corrected chi connectivity index (χ4v) is 2.13. The Bertz CT molecular complexity index is 313. The molecule has 1 aliphatic heterocycles. The van der Waals surface area contributed by atoms with Crippen molar-refractivity contribution < 1.29 is 19.0 Å². The van der Waals surface area contributed by atoms with E-state index in [9.17, 15) is 4.79 Å². The first-order valence-electron chi connectivity index (χ1n) is 7.45. The highest BCUT2D eigenvalue weighted by Crippen LogP contribution is 2.26. The van der Waals surface area contributed by atoms with Crippen LogP contribution in [0.4, 0.5) is 4.79 Å². The van der Waals surface area contributed by atoms with Crippen LogP contribution in [0, 0.1) is 0 Å². The van der Waals surface area contributed by atoms with Crippen LogP contribution in [0.3, 0.4) is 0 Å². The smallest absolute Gasteiger partial charge is 0.410 e. The Kier molecular flexibility index (Phi) is 6.27. The van der Waals surface area contributed by atoms with Crippen LogP contribution in [0.5, 0.6) is 0 Å². The molecule has 0 spiro atoms. The summed E-state index contributed by atoms with van der Waals surface area (Å²) in [6.07, 6.45) is 1.59. The molecule has 118 valence electrons. The van der Waals surface area contributed by atoms with Crippen molar-refractivity contribution >= 4 is 6.09 Å². The van der Waals surface area contributed by atoms with Gasteiger partial charge in [-0.15, -0.1) is 0 Å². The van der Waals surface area contributed by atoms with E-state index >= 15 is 0 Å². The van der Waals surface area contributed by atoms with Gasteiger partial charge in [0.1, 0.15) is 5.60 Å². The minimum atomic E-state index is -0.453. The highest BCUT2D eigenvalue weighted by atomic mass is 16.6. The third-order valence-corrected chi connectivity index (χ3v) is 3.11. The van der Waals surface area contributed by atoms with Gasteiger partial charge < -0.3 is 19.1 Å². The van der Waals surface area contributed by atoms with Gasteiger partial charge in [0, 0.05) is 13.2 Å². The first kappa shape index (κ1) is 17.2. The van der Waals surface area contributed by atoms with Crippen LogP contribution < -0.4 is 0 Å². The zero-order valence-corrected chi connectivity index (χ0v) is 13.5. The lowest BCUT2D eigenvalue weighted by atomic mass is 10.1. The molecule has 0 aromatic rings. The number of hydrogen-bond acceptors (Lipinski definition) is 4. The summed E-state index contributed by atoms with van der Waals surface area (Å²) in [5.74, 6) is 0. The molecule has 1 aliphatic rings. The topological polar surface area (TPSA) is 48.0 Å². The van der Waals surface area contributed by atoms with Crippen LogP contribution in [0.2, 0.25) is 0 Å². The van der Waals surface area contributed by atoms with Crippen molar-refractivity contribution in [3.63, 3.8) is 0 Å². The van der Waals surface area contributed by atoms with Crippen LogP contribution in [0.1, 0.15) is 47.5 Å². The SMILES string of the molecule is CCCOCCOC1(C)CCN(C(=O)OC(C)(C)C)C1. The van der Waals surface area contributed by atoms with Crippen LogP contribution in [-0.2, 0) is 14.2 Å². The maximum absolute atomic E-state index is 12.0. The van der Waals surface area contributed by atoms with Crippen molar-refractivity contribution in [2.45, 2.75) is 58.7 Å². The zero-order chi connectivity index (χ0) is 15.2. The van der Waals surface area contributed by atoms with Crippen molar-refractivity contribution in [2.75, 3.05) is 32.9 Å². The average molecular weight is 287 g/mol. The number of carbonyl (C=O) groups excluding carboxylic acids is 1. The van der Waals surface area contributed by atoms with Crippen molar-refractivity contribution in [3.05, 3.63) is 0 Å². The van der Waals surface area contributed by atoms with Gasteiger partial charge in [0.05, 0.1) is 25.4 Å². The van der Waals surface area contributed by atoms with Crippen LogP contribution in [0.15, 0.2) is 0 Å². The highest BCUT2D eigenvalue weighted by molar-refractivity contribution is 5.68. The summed E-state index contributed by atoms with van der Waals surface area (Å²) in [4.78, 5) is 13.7. The molecule has 1 fully saturated rings. The molecule has 1 unspecified atom stereocenters. The molecule has 0 saturated carbocycles. The Labute approximate surface area is 122 Å². The third-order valence-electron chi connectivity index (χ3n) is 3.11. The van der Waals surface area contributed by atoms with Crippen LogP contribution in [-0.4, -0.2) is 55.1 Å². The molecule has 0 aliphatic carbocycles. The van der Waals surface area contributed by atoms with E-state index < -0.39 is 5.60 Å². The van der Waals surface area contributed by atoms with E-state index in [1.807, 2.05) is 27.7 Å². The molecule has 1 heterocycles. The summed E-state index contributed by atoms with van der Waals surface area (Å²) in [6.45, 7) is 13.0. The highest BCUT2D eigenvalue weighted by Gasteiger charge is 2.38. The fraction of sp³-hybridized carbons (Fsp3) is 0.933. The Morgan fingerprint density at radius 3 is 2.55 bits per heavy atom. The van der Waals surface area contributed by atoms with Gasteiger partial charge in [0.25, 0.3) is 0 Å². The molecule has 0 aromatic heterocycles. The van der Waals surface area contributed by atoms with Gasteiger partial charge in [-0.1, -0.05) is 6.92 Å². The molecule has 1 amide bonds. The predicted octanol–water partition coefficient (Wildman–Crippen LogP) is 2.83. The van der Waals surface area contributed by atoms with E-state index in [2.05, 4.69) is 6.92 Å². The zero-order valence-electron chi connectivity index (χ0n) is 13.5. The van der Waals surface area contributed by atoms with E-state index in [0.29, 0.717) is 26.3 Å². The number of rotatable bonds is 6. The first-order valence-corrected chi connectivity index (χ1v) is 7.45. The molecule has 1 rings (SSSR count). The molecule has 0 radical (unpaired) electrons. The lowest BCUT2D eigenvalue weighted by Gasteiger charge is -2.27. The van der Waals surface area contributed by atoms with Crippen molar-refractivity contribution in [2.24, 2.45) is 0 Å². The second-order valence-electron chi connectivity index (χ2n) is 6.56. The third kappa shape index (κ3) is 6.09. The summed E-state index contributed by atoms with van der Waals surface area (Å²) < 4.78 is 16.6. The lowest BCUT2D eigenvalue weighted by Crippen LogP contribution is -2.39. The Balaban J connectivity index is 2.31. The minimum Gasteiger partial charge on any atom is -0.444 e. The molecule has 0 bridgehead atoms. The monoisotopic (exact) mass is 287 g/mol. The molecule has 1 saturated heterocycles. The lowest BCUT2D eigenvalue weighted by molar-refractivity contribution is -0.0511. The van der Waals surface area contributed by atoms with Gasteiger partial charge in [-0.2, -0.15) is 0 Å². The van der Waals surface area contributed by atoms with Crippen LogP contribution >= 0.6 is 0 Å². The first-order chi connectivity index (χ1) is 9.26. The number of nitrogens with zero attached hydrogens (tertiary/aromatic N) is 1. The van der Waals surface area contributed by atoms with E-state index in [1.54, 1.807) is 4.90 Å². The van der Waals surface area contributed by atoms with Gasteiger partial charge in [-0.25, -0.2) is 4.79 Å². The predicted molar refractivity (Wildman–Crippen MR) is 77.9 cm³/mol. The molecule has 5 nitrogen and oxygen atoms in total. The summed E-state index contributed by atoms with van der Waals surface area (Å²) >= 11 is 0. The normalized spacial score (nSPS) is 23.1. The van der Waals surface area contributed by atoms with E-state index in [1.165, 1.54) is 0 Å². The minimum absolute atomic E-state index is 0.257. The van der Waals surface area contributed by atoms with Crippen LogP contribution in [0.25, 0.3) is 0 Å². The summed E-state index contributed by atoms with van der Waals surface area (Å²) in [5, 5.41) is 0. The number of hydrogen-bond donors (Lipinski definition) is 0. The summed E-state index contributed by atoms with van der Waals surface area (Å²) in [7, 11) is 0. The number of carbonyl (C=O) groups is 1. The molecule has 5 heteroatoms. The molecule has 0 aromatic carbocycles. The molecule has 20 heavy (non-hydrogen) atoms. The molecular formula is C15H29NO4. The maximum Gasteiger partial charge on any atom is 0.410 e. The van der Waals surface area contributed by atoms with Gasteiger partial charge in [-0.05, 0) is 40.5 Å². The Morgan fingerprint density at radius 2 is 1.95 bits per heavy atom. The maximum atomic E-state index is 12.0. The molecular weight excluding hydrogens is 258 g/mol. The number of ether oxygens (including phenoxy) is 3. The number of likely N-dealkylation sites (tertiary alicyclic amines) is 1. The van der Waals surface area contributed by atoms with Gasteiger partial charge in [-0.3, -0.25) is 0 Å². The average Bonchev–Trinajstić information content (AvgIpc) is 2.70. The standard InChI is InChI=1S/C15H29NO4/c1-6-9-18-10-11-19-15(5)7-8-16(12-15)13(17)20-14(2,3)4/h6-12H2,1-5H3. The second-order valence-corrected chi connectivity index (χ2v) is 6.56. The second kappa shape index (κ2) is 7.27. The summed E-state index contributed by atoms with van der Waals surface area (Å²) in [5.41, 5.74) is -0.739. The number of amides is 1. The summed E-state index contributed by atoms with van der Waals surface area (Å²) in [6, 6.07) is 0. The fourth-order valence-electron chi connectivity index (χ4n) is 2.13. The van der Waals surface area contributed by atoms with Crippen molar-refractivity contribution in [1.82, 2.24) is 4.90 Å². The largest absolute Gasteiger partial charge is 0.444 e.